The van der Waals surface area contributed by atoms with Gasteiger partial charge in [-0.15, -0.1) is 0 Å². The topological polar surface area (TPSA) is 29.9 Å². The van der Waals surface area contributed by atoms with Crippen LogP contribution in [0.15, 0.2) is 36.7 Å². The fourth-order valence-electron chi connectivity index (χ4n) is 2.71. The van der Waals surface area contributed by atoms with Crippen LogP contribution in [0.25, 0.3) is 0 Å². The lowest BCUT2D eigenvalue weighted by Crippen LogP contribution is -2.27. The van der Waals surface area contributed by atoms with Crippen LogP contribution < -0.4 is 5.32 Å². The van der Waals surface area contributed by atoms with Gasteiger partial charge in [0.2, 0.25) is 0 Å². The molecule has 0 amide bonds. The Morgan fingerprint density at radius 2 is 2.28 bits per heavy atom. The molecule has 0 saturated carbocycles. The number of anilines is 1. The van der Waals surface area contributed by atoms with Crippen molar-refractivity contribution in [2.24, 2.45) is 0 Å². The quantitative estimate of drug-likeness (QED) is 0.895. The predicted molar refractivity (Wildman–Crippen MR) is 73.9 cm³/mol. The molecule has 1 unspecified atom stereocenters. The van der Waals surface area contributed by atoms with Crippen molar-refractivity contribution in [1.82, 2.24) is 9.55 Å². The number of hydrogen-bond acceptors (Lipinski definition) is 2. The molecule has 2 aromatic rings. The first-order chi connectivity index (χ1) is 8.88. The first-order valence-corrected chi connectivity index (χ1v) is 6.72. The van der Waals surface area contributed by atoms with E-state index in [4.69, 9.17) is 0 Å². The molecule has 0 bridgehead atoms. The van der Waals surface area contributed by atoms with Crippen molar-refractivity contribution >= 4 is 5.69 Å². The van der Waals surface area contributed by atoms with Crippen LogP contribution in [-0.4, -0.2) is 16.1 Å². The van der Waals surface area contributed by atoms with E-state index in [1.807, 2.05) is 6.20 Å². The summed E-state index contributed by atoms with van der Waals surface area (Å²) in [5.41, 5.74) is 2.69. The number of fused-ring (bicyclic) bond motifs is 1. The molecule has 1 aromatic carbocycles. The summed E-state index contributed by atoms with van der Waals surface area (Å²) in [5, 5.41) is 3.52. The number of benzene rings is 1. The third kappa shape index (κ3) is 2.01. The van der Waals surface area contributed by atoms with E-state index in [-0.39, 0.29) is 0 Å². The first-order valence-electron chi connectivity index (χ1n) is 6.72. The van der Waals surface area contributed by atoms with Crippen molar-refractivity contribution < 1.29 is 0 Å². The van der Waals surface area contributed by atoms with Crippen LogP contribution in [0.4, 0.5) is 5.69 Å². The van der Waals surface area contributed by atoms with Crippen LogP contribution >= 0.6 is 0 Å². The van der Waals surface area contributed by atoms with Gasteiger partial charge in [0.1, 0.15) is 5.82 Å². The molecule has 1 N–H and O–H groups in total. The molecule has 3 rings (SSSR count). The molecule has 3 heteroatoms. The lowest BCUT2D eigenvalue weighted by Gasteiger charge is -2.28. The van der Waals surface area contributed by atoms with Crippen LogP contribution in [0.5, 0.6) is 0 Å². The van der Waals surface area contributed by atoms with Crippen molar-refractivity contribution in [3.05, 3.63) is 48.0 Å². The van der Waals surface area contributed by atoms with E-state index in [0.29, 0.717) is 6.04 Å². The third-order valence-corrected chi connectivity index (χ3v) is 3.62. The predicted octanol–water partition coefficient (Wildman–Crippen LogP) is 3.04. The van der Waals surface area contributed by atoms with Gasteiger partial charge in [-0.3, -0.25) is 0 Å². The highest BCUT2D eigenvalue weighted by molar-refractivity contribution is 5.53. The minimum absolute atomic E-state index is 0.490. The Kier molecular flexibility index (Phi) is 3.05. The fraction of sp³-hybridized carbons (Fsp3) is 0.400. The maximum Gasteiger partial charge on any atom is 0.108 e. The minimum atomic E-state index is 0.490. The number of imidazole rings is 1. The molecular formula is C15H19N3. The zero-order valence-electron chi connectivity index (χ0n) is 10.8. The summed E-state index contributed by atoms with van der Waals surface area (Å²) in [6, 6.07) is 9.07. The molecule has 94 valence electrons. The number of nitrogens with zero attached hydrogens (tertiary/aromatic N) is 2. The van der Waals surface area contributed by atoms with E-state index in [1.54, 1.807) is 0 Å². The van der Waals surface area contributed by atoms with Crippen LogP contribution in [0.3, 0.4) is 0 Å². The van der Waals surface area contributed by atoms with Gasteiger partial charge in [0.05, 0.1) is 6.04 Å². The van der Waals surface area contributed by atoms with Crippen LogP contribution in [0, 0.1) is 0 Å². The molecule has 1 aliphatic rings. The summed E-state index contributed by atoms with van der Waals surface area (Å²) >= 11 is 0. The number of para-hydroxylation sites is 1. The van der Waals surface area contributed by atoms with Gasteiger partial charge >= 0.3 is 0 Å². The van der Waals surface area contributed by atoms with E-state index in [9.17, 15) is 0 Å². The average molecular weight is 241 g/mol. The SMILES string of the molecule is CCCc1nccn1C1CNc2ccccc2C1. The minimum Gasteiger partial charge on any atom is -0.383 e. The summed E-state index contributed by atoms with van der Waals surface area (Å²) in [5.74, 6) is 1.21. The Morgan fingerprint density at radius 1 is 1.39 bits per heavy atom. The van der Waals surface area contributed by atoms with Gasteiger partial charge in [0.25, 0.3) is 0 Å². The summed E-state index contributed by atoms with van der Waals surface area (Å²) in [6.07, 6.45) is 7.34. The molecule has 1 atom stereocenters. The Labute approximate surface area is 108 Å². The highest BCUT2D eigenvalue weighted by atomic mass is 15.1. The van der Waals surface area contributed by atoms with E-state index < -0.39 is 0 Å². The van der Waals surface area contributed by atoms with E-state index in [1.165, 1.54) is 17.1 Å². The van der Waals surface area contributed by atoms with Gasteiger partial charge < -0.3 is 9.88 Å². The molecule has 0 fully saturated rings. The molecule has 0 aliphatic carbocycles. The summed E-state index contributed by atoms with van der Waals surface area (Å²) in [6.45, 7) is 3.19. The van der Waals surface area contributed by atoms with Crippen molar-refractivity contribution in [2.75, 3.05) is 11.9 Å². The second-order valence-corrected chi connectivity index (χ2v) is 4.90. The summed E-state index contributed by atoms with van der Waals surface area (Å²) in [4.78, 5) is 4.47. The summed E-state index contributed by atoms with van der Waals surface area (Å²) < 4.78 is 2.34. The van der Waals surface area contributed by atoms with Gasteiger partial charge in [-0.2, -0.15) is 0 Å². The number of nitrogens with one attached hydrogen (secondary N) is 1. The van der Waals surface area contributed by atoms with Crippen LogP contribution in [0.2, 0.25) is 0 Å². The highest BCUT2D eigenvalue weighted by Gasteiger charge is 2.20. The molecule has 18 heavy (non-hydrogen) atoms. The van der Waals surface area contributed by atoms with E-state index >= 15 is 0 Å². The van der Waals surface area contributed by atoms with E-state index in [0.717, 1.165) is 25.8 Å². The molecular weight excluding hydrogens is 222 g/mol. The lowest BCUT2D eigenvalue weighted by molar-refractivity contribution is 0.489. The van der Waals surface area contributed by atoms with Crippen molar-refractivity contribution in [3.63, 3.8) is 0 Å². The molecule has 0 radical (unpaired) electrons. The lowest BCUT2D eigenvalue weighted by atomic mass is 9.99. The number of hydrogen-bond donors (Lipinski definition) is 1. The molecule has 0 saturated heterocycles. The largest absolute Gasteiger partial charge is 0.383 e. The average Bonchev–Trinajstić information content (AvgIpc) is 2.87. The first kappa shape index (κ1) is 11.3. The third-order valence-electron chi connectivity index (χ3n) is 3.62. The standard InChI is InChI=1S/C15H19N3/c1-2-5-15-16-8-9-18(15)13-10-12-6-3-4-7-14(12)17-11-13/h3-4,6-9,13,17H,2,5,10-11H2,1H3. The van der Waals surface area contributed by atoms with Crippen LogP contribution in [-0.2, 0) is 12.8 Å². The van der Waals surface area contributed by atoms with Gasteiger partial charge in [-0.05, 0) is 24.5 Å². The fourth-order valence-corrected chi connectivity index (χ4v) is 2.71. The molecule has 0 spiro atoms. The van der Waals surface area contributed by atoms with Gasteiger partial charge in [0.15, 0.2) is 0 Å². The Balaban J connectivity index is 1.85. The molecule has 2 heterocycles. The Hall–Kier alpha value is -1.77. The molecule has 1 aromatic heterocycles. The maximum atomic E-state index is 4.47. The second kappa shape index (κ2) is 4.84. The summed E-state index contributed by atoms with van der Waals surface area (Å²) in [7, 11) is 0. The smallest absolute Gasteiger partial charge is 0.108 e. The van der Waals surface area contributed by atoms with Crippen molar-refractivity contribution in [2.45, 2.75) is 32.2 Å². The normalized spacial score (nSPS) is 18.2. The van der Waals surface area contributed by atoms with Gasteiger partial charge in [-0.1, -0.05) is 25.1 Å². The van der Waals surface area contributed by atoms with Crippen molar-refractivity contribution in [1.29, 1.82) is 0 Å². The monoisotopic (exact) mass is 241 g/mol. The number of rotatable bonds is 3. The van der Waals surface area contributed by atoms with E-state index in [2.05, 4.69) is 52.3 Å². The van der Waals surface area contributed by atoms with Gasteiger partial charge in [0, 0.05) is 31.0 Å². The number of aryl methyl sites for hydroxylation is 1. The highest BCUT2D eigenvalue weighted by Crippen LogP contribution is 2.27. The van der Waals surface area contributed by atoms with Crippen LogP contribution in [0.1, 0.15) is 30.8 Å². The zero-order chi connectivity index (χ0) is 12.4. The van der Waals surface area contributed by atoms with Gasteiger partial charge in [-0.25, -0.2) is 4.98 Å². The molecule has 3 nitrogen and oxygen atoms in total. The van der Waals surface area contributed by atoms with Crippen molar-refractivity contribution in [3.8, 4) is 0 Å². The maximum absolute atomic E-state index is 4.47. The Morgan fingerprint density at radius 3 is 3.17 bits per heavy atom. The Bertz CT molecular complexity index is 530. The second-order valence-electron chi connectivity index (χ2n) is 4.90. The number of aromatic nitrogens is 2. The molecule has 1 aliphatic heterocycles. The zero-order valence-corrected chi connectivity index (χ0v) is 10.8.